The molecule has 0 saturated carbocycles. The van der Waals surface area contributed by atoms with Gasteiger partial charge in [0.15, 0.2) is 5.78 Å². The van der Waals surface area contributed by atoms with Crippen LogP contribution in [0, 0.1) is 0 Å². The van der Waals surface area contributed by atoms with Gasteiger partial charge in [-0.1, -0.05) is 18.2 Å². The van der Waals surface area contributed by atoms with Crippen molar-refractivity contribution in [2.24, 2.45) is 0 Å². The molecule has 0 aliphatic rings. The highest BCUT2D eigenvalue weighted by atomic mass is 16.5. The third-order valence-corrected chi connectivity index (χ3v) is 1.89. The van der Waals surface area contributed by atoms with Crippen LogP contribution in [0.3, 0.4) is 0 Å². The fourth-order valence-corrected chi connectivity index (χ4v) is 1.16. The van der Waals surface area contributed by atoms with E-state index < -0.39 is 5.97 Å². The molecule has 0 bridgehead atoms. The number of carbonyl (C=O) groups excluding carboxylic acids is 2. The van der Waals surface area contributed by atoms with Crippen LogP contribution in [0.2, 0.25) is 0 Å². The van der Waals surface area contributed by atoms with Gasteiger partial charge in [0.05, 0.1) is 12.7 Å². The molecule has 78 valence electrons. The predicted octanol–water partition coefficient (Wildman–Crippen LogP) is 2.23. The molecule has 3 nitrogen and oxygen atoms in total. The standard InChI is InChI=1S/C12H12O3/c1-3-5-11(13)9-6-4-7-10(8-9)12(14)15-2/h3-8H,1-2H3/b5-3+. The molecule has 1 aromatic rings. The topological polar surface area (TPSA) is 43.4 Å². The van der Waals surface area contributed by atoms with E-state index in [1.165, 1.54) is 19.3 Å². The Morgan fingerprint density at radius 2 is 1.93 bits per heavy atom. The number of carbonyl (C=O) groups is 2. The molecule has 3 heteroatoms. The van der Waals surface area contributed by atoms with Crippen molar-refractivity contribution in [2.45, 2.75) is 6.92 Å². The second-order valence-electron chi connectivity index (χ2n) is 2.94. The van der Waals surface area contributed by atoms with Crippen LogP contribution in [0.1, 0.15) is 27.6 Å². The molecular weight excluding hydrogens is 192 g/mol. The van der Waals surface area contributed by atoms with Crippen molar-refractivity contribution < 1.29 is 14.3 Å². The molecule has 0 amide bonds. The molecule has 0 aliphatic carbocycles. The molecule has 1 aromatic carbocycles. The van der Waals surface area contributed by atoms with Gasteiger partial charge < -0.3 is 4.74 Å². The Morgan fingerprint density at radius 1 is 1.27 bits per heavy atom. The van der Waals surface area contributed by atoms with Crippen molar-refractivity contribution >= 4 is 11.8 Å². The number of benzene rings is 1. The molecular formula is C12H12O3. The van der Waals surface area contributed by atoms with Gasteiger partial charge in [-0.25, -0.2) is 4.79 Å². The monoisotopic (exact) mass is 204 g/mol. The number of allylic oxidation sites excluding steroid dienone is 2. The SMILES string of the molecule is C/C=C/C(=O)c1cccc(C(=O)OC)c1. The van der Waals surface area contributed by atoms with Gasteiger partial charge in [0.1, 0.15) is 0 Å². The van der Waals surface area contributed by atoms with Gasteiger partial charge in [-0.15, -0.1) is 0 Å². The largest absolute Gasteiger partial charge is 0.465 e. The molecule has 0 spiro atoms. The summed E-state index contributed by atoms with van der Waals surface area (Å²) in [6.45, 7) is 1.77. The lowest BCUT2D eigenvalue weighted by molar-refractivity contribution is 0.0600. The van der Waals surface area contributed by atoms with E-state index in [0.29, 0.717) is 11.1 Å². The van der Waals surface area contributed by atoms with E-state index in [2.05, 4.69) is 4.74 Å². The minimum atomic E-state index is -0.440. The average Bonchev–Trinajstić information content (AvgIpc) is 2.28. The fraction of sp³-hybridized carbons (Fsp3) is 0.167. The van der Waals surface area contributed by atoms with Crippen LogP contribution in [0.4, 0.5) is 0 Å². The maximum absolute atomic E-state index is 11.5. The lowest BCUT2D eigenvalue weighted by Gasteiger charge is -2.00. The zero-order chi connectivity index (χ0) is 11.3. The lowest BCUT2D eigenvalue weighted by atomic mass is 10.1. The number of rotatable bonds is 3. The van der Waals surface area contributed by atoms with Crippen molar-refractivity contribution in [2.75, 3.05) is 7.11 Å². The second kappa shape index (κ2) is 5.10. The summed E-state index contributed by atoms with van der Waals surface area (Å²) < 4.78 is 4.56. The molecule has 0 heterocycles. The van der Waals surface area contributed by atoms with Crippen molar-refractivity contribution in [3.05, 3.63) is 47.5 Å². The van der Waals surface area contributed by atoms with Gasteiger partial charge in [0.2, 0.25) is 0 Å². The molecule has 0 atom stereocenters. The Labute approximate surface area is 88.4 Å². The van der Waals surface area contributed by atoms with Crippen LogP contribution in [-0.4, -0.2) is 18.9 Å². The summed E-state index contributed by atoms with van der Waals surface area (Å²) in [7, 11) is 1.31. The molecule has 15 heavy (non-hydrogen) atoms. The molecule has 0 aromatic heterocycles. The summed E-state index contributed by atoms with van der Waals surface area (Å²) in [6.07, 6.45) is 3.11. The highest BCUT2D eigenvalue weighted by molar-refractivity contribution is 6.05. The number of ether oxygens (including phenoxy) is 1. The zero-order valence-corrected chi connectivity index (χ0v) is 8.69. The Hall–Kier alpha value is -1.90. The van der Waals surface area contributed by atoms with Gasteiger partial charge in [-0.3, -0.25) is 4.79 Å². The van der Waals surface area contributed by atoms with Crippen LogP contribution >= 0.6 is 0 Å². The van der Waals surface area contributed by atoms with E-state index in [4.69, 9.17) is 0 Å². The van der Waals surface area contributed by atoms with Gasteiger partial charge in [-0.05, 0) is 25.1 Å². The molecule has 1 rings (SSSR count). The minimum absolute atomic E-state index is 0.122. The third-order valence-electron chi connectivity index (χ3n) is 1.89. The molecule has 0 saturated heterocycles. The first-order chi connectivity index (χ1) is 7.19. The van der Waals surface area contributed by atoms with E-state index >= 15 is 0 Å². The minimum Gasteiger partial charge on any atom is -0.465 e. The van der Waals surface area contributed by atoms with Crippen molar-refractivity contribution in [1.29, 1.82) is 0 Å². The lowest BCUT2D eigenvalue weighted by Crippen LogP contribution is -2.03. The van der Waals surface area contributed by atoms with Crippen molar-refractivity contribution in [3.63, 3.8) is 0 Å². The van der Waals surface area contributed by atoms with Crippen LogP contribution in [0.25, 0.3) is 0 Å². The van der Waals surface area contributed by atoms with Crippen LogP contribution in [0.15, 0.2) is 36.4 Å². The Kier molecular flexibility index (Phi) is 3.80. The highest BCUT2D eigenvalue weighted by Gasteiger charge is 2.08. The van der Waals surface area contributed by atoms with E-state index in [1.54, 1.807) is 31.2 Å². The van der Waals surface area contributed by atoms with E-state index in [1.807, 2.05) is 0 Å². The number of methoxy groups -OCH3 is 1. The predicted molar refractivity (Wildman–Crippen MR) is 56.9 cm³/mol. The van der Waals surface area contributed by atoms with Crippen molar-refractivity contribution in [3.8, 4) is 0 Å². The van der Waals surface area contributed by atoms with Crippen LogP contribution in [-0.2, 0) is 4.74 Å². The third kappa shape index (κ3) is 2.77. The van der Waals surface area contributed by atoms with Gasteiger partial charge in [0.25, 0.3) is 0 Å². The number of esters is 1. The zero-order valence-electron chi connectivity index (χ0n) is 8.69. The quantitative estimate of drug-likeness (QED) is 0.431. The fourth-order valence-electron chi connectivity index (χ4n) is 1.16. The Bertz CT molecular complexity index is 405. The summed E-state index contributed by atoms with van der Waals surface area (Å²) in [5.74, 6) is -0.562. The summed E-state index contributed by atoms with van der Waals surface area (Å²) in [5, 5.41) is 0. The van der Waals surface area contributed by atoms with Gasteiger partial charge in [-0.2, -0.15) is 0 Å². The summed E-state index contributed by atoms with van der Waals surface area (Å²) in [4.78, 5) is 22.7. The molecule has 0 aliphatic heterocycles. The maximum atomic E-state index is 11.5. The Morgan fingerprint density at radius 3 is 2.53 bits per heavy atom. The normalized spacial score (nSPS) is 10.3. The summed E-state index contributed by atoms with van der Waals surface area (Å²) in [5.41, 5.74) is 0.865. The smallest absolute Gasteiger partial charge is 0.337 e. The molecule has 0 N–H and O–H groups in total. The number of ketones is 1. The van der Waals surface area contributed by atoms with E-state index in [9.17, 15) is 9.59 Å². The molecule has 0 radical (unpaired) electrons. The van der Waals surface area contributed by atoms with Crippen molar-refractivity contribution in [1.82, 2.24) is 0 Å². The second-order valence-corrected chi connectivity index (χ2v) is 2.94. The van der Waals surface area contributed by atoms with Crippen LogP contribution in [0.5, 0.6) is 0 Å². The summed E-state index contributed by atoms with van der Waals surface area (Å²) in [6, 6.07) is 6.45. The Balaban J connectivity index is 3.02. The molecule has 0 fully saturated rings. The highest BCUT2D eigenvalue weighted by Crippen LogP contribution is 2.07. The van der Waals surface area contributed by atoms with Crippen LogP contribution < -0.4 is 0 Å². The van der Waals surface area contributed by atoms with Gasteiger partial charge >= 0.3 is 5.97 Å². The summed E-state index contributed by atoms with van der Waals surface area (Å²) >= 11 is 0. The number of hydrogen-bond donors (Lipinski definition) is 0. The first-order valence-electron chi connectivity index (χ1n) is 4.54. The first kappa shape index (κ1) is 11.2. The van der Waals surface area contributed by atoms with Gasteiger partial charge in [0, 0.05) is 5.56 Å². The first-order valence-corrected chi connectivity index (χ1v) is 4.54. The molecule has 0 unspecified atom stereocenters. The maximum Gasteiger partial charge on any atom is 0.337 e. The van der Waals surface area contributed by atoms with E-state index in [-0.39, 0.29) is 5.78 Å². The average molecular weight is 204 g/mol. The van der Waals surface area contributed by atoms with E-state index in [0.717, 1.165) is 0 Å². The number of hydrogen-bond acceptors (Lipinski definition) is 3.